The summed E-state index contributed by atoms with van der Waals surface area (Å²) in [5.41, 5.74) is 1.42. The van der Waals surface area contributed by atoms with Crippen molar-refractivity contribution in [2.24, 2.45) is 0 Å². The second-order valence-electron chi connectivity index (χ2n) is 4.73. The molecule has 0 saturated heterocycles. The largest absolute Gasteiger partial charge is 0.486 e. The van der Waals surface area contributed by atoms with E-state index in [9.17, 15) is 9.59 Å². The lowest BCUT2D eigenvalue weighted by atomic mass is 10.1. The van der Waals surface area contributed by atoms with Crippen LogP contribution in [0.15, 0.2) is 66.7 Å². The number of ketones is 1. The molecule has 0 radical (unpaired) electrons. The molecule has 0 amide bonds. The molecule has 2 rings (SSSR count). The van der Waals surface area contributed by atoms with Crippen LogP contribution in [0.25, 0.3) is 0 Å². The van der Waals surface area contributed by atoms with Crippen LogP contribution >= 0.6 is 0 Å². The van der Waals surface area contributed by atoms with Crippen molar-refractivity contribution in [1.82, 2.24) is 0 Å². The number of rotatable bonds is 6. The summed E-state index contributed by atoms with van der Waals surface area (Å²) in [7, 11) is 0. The van der Waals surface area contributed by atoms with Gasteiger partial charge in [-0.05, 0) is 30.7 Å². The molecule has 0 heterocycles. The van der Waals surface area contributed by atoms with Crippen molar-refractivity contribution in [2.75, 3.05) is 0 Å². The van der Waals surface area contributed by atoms with Crippen LogP contribution in [-0.4, -0.2) is 16.9 Å². The molecule has 0 bridgehead atoms. The molecule has 0 fully saturated rings. The fraction of sp³-hybridized carbons (Fsp3) is 0.111. The van der Waals surface area contributed by atoms with Gasteiger partial charge in [0, 0.05) is 11.6 Å². The average Bonchev–Trinajstić information content (AvgIpc) is 2.53. The molecule has 1 unspecified atom stereocenters. The fourth-order valence-electron chi connectivity index (χ4n) is 1.96. The van der Waals surface area contributed by atoms with Crippen LogP contribution < -0.4 is 4.74 Å². The molecule has 4 heteroatoms. The number of hydrogen-bond acceptors (Lipinski definition) is 3. The predicted octanol–water partition coefficient (Wildman–Crippen LogP) is 3.65. The number of carbonyl (C=O) groups is 2. The van der Waals surface area contributed by atoms with E-state index < -0.39 is 5.97 Å². The molecule has 22 heavy (non-hydrogen) atoms. The Hall–Kier alpha value is -2.88. The Bertz CT molecular complexity index is 689. The molecular weight excluding hydrogens is 280 g/mol. The number of allylic oxidation sites excluding steroid dienone is 1. The van der Waals surface area contributed by atoms with Crippen molar-refractivity contribution >= 4 is 11.8 Å². The Morgan fingerprint density at radius 2 is 1.77 bits per heavy atom. The summed E-state index contributed by atoms with van der Waals surface area (Å²) in [6.07, 6.45) is 1.70. The lowest BCUT2D eigenvalue weighted by molar-refractivity contribution is -0.131. The van der Waals surface area contributed by atoms with Crippen LogP contribution in [0.5, 0.6) is 5.75 Å². The van der Waals surface area contributed by atoms with Gasteiger partial charge in [-0.15, -0.1) is 0 Å². The topological polar surface area (TPSA) is 63.6 Å². The van der Waals surface area contributed by atoms with E-state index in [0.717, 1.165) is 17.7 Å². The number of ether oxygens (including phenoxy) is 1. The Labute approximate surface area is 128 Å². The van der Waals surface area contributed by atoms with E-state index in [1.54, 1.807) is 24.3 Å². The first kappa shape index (κ1) is 15.5. The summed E-state index contributed by atoms with van der Waals surface area (Å²) >= 11 is 0. The maximum atomic E-state index is 11.9. The van der Waals surface area contributed by atoms with Gasteiger partial charge in [0.25, 0.3) is 0 Å². The van der Waals surface area contributed by atoms with Gasteiger partial charge < -0.3 is 9.84 Å². The van der Waals surface area contributed by atoms with Crippen molar-refractivity contribution in [3.63, 3.8) is 0 Å². The third kappa shape index (κ3) is 4.31. The zero-order valence-corrected chi connectivity index (χ0v) is 12.1. The van der Waals surface area contributed by atoms with Gasteiger partial charge in [-0.3, -0.25) is 4.79 Å². The minimum Gasteiger partial charge on any atom is -0.486 e. The smallest absolute Gasteiger partial charge is 0.328 e. The van der Waals surface area contributed by atoms with Gasteiger partial charge >= 0.3 is 5.97 Å². The summed E-state index contributed by atoms with van der Waals surface area (Å²) in [5, 5.41) is 8.55. The van der Waals surface area contributed by atoms with Gasteiger partial charge in [0.15, 0.2) is 5.78 Å². The van der Waals surface area contributed by atoms with Gasteiger partial charge in [-0.1, -0.05) is 42.5 Å². The highest BCUT2D eigenvalue weighted by molar-refractivity contribution is 6.07. The minimum absolute atomic E-state index is 0.152. The predicted molar refractivity (Wildman–Crippen MR) is 83.0 cm³/mol. The Kier molecular flexibility index (Phi) is 5.09. The first-order chi connectivity index (χ1) is 10.6. The van der Waals surface area contributed by atoms with Crippen molar-refractivity contribution in [2.45, 2.75) is 13.0 Å². The highest BCUT2D eigenvalue weighted by atomic mass is 16.5. The van der Waals surface area contributed by atoms with Crippen LogP contribution in [0.3, 0.4) is 0 Å². The van der Waals surface area contributed by atoms with Gasteiger partial charge in [0.05, 0.1) is 0 Å². The SMILES string of the molecule is CC(Oc1cccc(C(=O)C=CC(=O)O)c1)c1ccccc1. The highest BCUT2D eigenvalue weighted by Crippen LogP contribution is 2.22. The van der Waals surface area contributed by atoms with E-state index in [1.807, 2.05) is 37.3 Å². The third-order valence-corrected chi connectivity index (χ3v) is 3.08. The third-order valence-electron chi connectivity index (χ3n) is 3.08. The number of carbonyl (C=O) groups excluding carboxylic acids is 1. The van der Waals surface area contributed by atoms with Crippen LogP contribution in [0.2, 0.25) is 0 Å². The molecule has 112 valence electrons. The number of benzene rings is 2. The molecule has 0 aromatic heterocycles. The van der Waals surface area contributed by atoms with E-state index in [1.165, 1.54) is 0 Å². The second-order valence-corrected chi connectivity index (χ2v) is 4.73. The van der Waals surface area contributed by atoms with Crippen LogP contribution in [0.4, 0.5) is 0 Å². The molecule has 0 aliphatic rings. The summed E-state index contributed by atoms with van der Waals surface area (Å²) in [5.74, 6) is -0.968. The zero-order chi connectivity index (χ0) is 15.9. The zero-order valence-electron chi connectivity index (χ0n) is 12.1. The van der Waals surface area contributed by atoms with Crippen molar-refractivity contribution in [1.29, 1.82) is 0 Å². The standard InChI is InChI=1S/C18H16O4/c1-13(14-6-3-2-4-7-14)22-16-9-5-8-15(12-16)17(19)10-11-18(20)21/h2-13H,1H3,(H,20,21). The molecule has 4 nitrogen and oxygen atoms in total. The summed E-state index contributed by atoms with van der Waals surface area (Å²) < 4.78 is 5.82. The van der Waals surface area contributed by atoms with Crippen LogP contribution in [0.1, 0.15) is 28.9 Å². The van der Waals surface area contributed by atoms with E-state index in [0.29, 0.717) is 11.3 Å². The molecule has 0 saturated carbocycles. The first-order valence-corrected chi connectivity index (χ1v) is 6.83. The maximum absolute atomic E-state index is 11.9. The van der Waals surface area contributed by atoms with Gasteiger partial charge in [-0.25, -0.2) is 4.79 Å². The highest BCUT2D eigenvalue weighted by Gasteiger charge is 2.09. The van der Waals surface area contributed by atoms with Crippen molar-refractivity contribution in [3.8, 4) is 5.75 Å². The lowest BCUT2D eigenvalue weighted by Crippen LogP contribution is -2.04. The van der Waals surface area contributed by atoms with Crippen LogP contribution in [0, 0.1) is 0 Å². The van der Waals surface area contributed by atoms with E-state index >= 15 is 0 Å². The number of carboxylic acids is 1. The number of aliphatic carboxylic acids is 1. The molecule has 2 aromatic carbocycles. The lowest BCUT2D eigenvalue weighted by Gasteiger charge is -2.15. The summed E-state index contributed by atoms with van der Waals surface area (Å²) in [6.45, 7) is 1.92. The van der Waals surface area contributed by atoms with E-state index in [4.69, 9.17) is 9.84 Å². The molecule has 0 spiro atoms. The summed E-state index contributed by atoms with van der Waals surface area (Å²) in [6, 6.07) is 16.4. The monoisotopic (exact) mass is 296 g/mol. The summed E-state index contributed by atoms with van der Waals surface area (Å²) in [4.78, 5) is 22.3. The molecule has 1 N–H and O–H groups in total. The minimum atomic E-state index is -1.15. The first-order valence-electron chi connectivity index (χ1n) is 6.83. The van der Waals surface area contributed by atoms with E-state index in [2.05, 4.69) is 0 Å². The van der Waals surface area contributed by atoms with Crippen molar-refractivity contribution < 1.29 is 19.4 Å². The maximum Gasteiger partial charge on any atom is 0.328 e. The second kappa shape index (κ2) is 7.22. The van der Waals surface area contributed by atoms with Gasteiger partial charge in [-0.2, -0.15) is 0 Å². The molecule has 1 atom stereocenters. The van der Waals surface area contributed by atoms with Gasteiger partial charge in [0.2, 0.25) is 0 Å². The molecular formula is C18H16O4. The normalized spacial score (nSPS) is 12.0. The molecule has 0 aliphatic carbocycles. The fourth-order valence-corrected chi connectivity index (χ4v) is 1.96. The Balaban J connectivity index is 2.12. The Morgan fingerprint density at radius 3 is 2.45 bits per heavy atom. The molecule has 2 aromatic rings. The number of hydrogen-bond donors (Lipinski definition) is 1. The van der Waals surface area contributed by atoms with E-state index in [-0.39, 0.29) is 11.9 Å². The Morgan fingerprint density at radius 1 is 1.05 bits per heavy atom. The molecule has 0 aliphatic heterocycles. The van der Waals surface area contributed by atoms with Gasteiger partial charge in [0.1, 0.15) is 11.9 Å². The quantitative estimate of drug-likeness (QED) is 0.653. The number of carboxylic acid groups (broad SMARTS) is 1. The van der Waals surface area contributed by atoms with Crippen molar-refractivity contribution in [3.05, 3.63) is 77.9 Å². The van der Waals surface area contributed by atoms with Crippen LogP contribution in [-0.2, 0) is 4.79 Å². The average molecular weight is 296 g/mol.